The Kier molecular flexibility index (Phi) is 5.09. The number of rotatable bonds is 2. The molecule has 0 amide bonds. The summed E-state index contributed by atoms with van der Waals surface area (Å²) in [6, 6.07) is 3.75. The monoisotopic (exact) mass is 244 g/mol. The van der Waals surface area contributed by atoms with Crippen LogP contribution in [0, 0.1) is 5.92 Å². The van der Waals surface area contributed by atoms with E-state index in [1.807, 2.05) is 24.3 Å². The number of allylic oxidation sites excluding steroid dienone is 4. The predicted molar refractivity (Wildman–Crippen MR) is 49.8 cm³/mol. The molecular formula is C10H9ClO2Ti. The molecule has 1 unspecified atom stereocenters. The summed E-state index contributed by atoms with van der Waals surface area (Å²) in [6.07, 6.45) is 9.79. The van der Waals surface area contributed by atoms with Crippen molar-refractivity contribution in [3.05, 3.63) is 48.5 Å². The number of halogens is 1. The molecule has 0 spiro atoms. The van der Waals surface area contributed by atoms with E-state index in [-0.39, 0.29) is 11.3 Å². The van der Waals surface area contributed by atoms with Crippen molar-refractivity contribution in [1.29, 1.82) is 0 Å². The van der Waals surface area contributed by atoms with E-state index in [0.29, 0.717) is 0 Å². The van der Waals surface area contributed by atoms with E-state index >= 15 is 0 Å². The molecule has 4 heteroatoms. The van der Waals surface area contributed by atoms with Crippen molar-refractivity contribution >= 4 is 11.6 Å². The molecule has 1 aliphatic rings. The van der Waals surface area contributed by atoms with Gasteiger partial charge in [0.05, 0.1) is 6.26 Å². The van der Waals surface area contributed by atoms with Gasteiger partial charge < -0.3 is 4.42 Å². The first-order valence-corrected chi connectivity index (χ1v) is 5.18. The normalized spacial score (nSPS) is 16.3. The Balaban J connectivity index is 0.000000461. The van der Waals surface area contributed by atoms with Gasteiger partial charge in [-0.2, -0.15) is 0 Å². The molecule has 1 aliphatic carbocycles. The quantitative estimate of drug-likeness (QED) is 0.591. The van der Waals surface area contributed by atoms with Gasteiger partial charge in [-0.1, -0.05) is 24.3 Å². The minimum absolute atomic E-state index is 0.0741. The van der Waals surface area contributed by atoms with Crippen molar-refractivity contribution in [1.82, 2.24) is 0 Å². The van der Waals surface area contributed by atoms with E-state index < -0.39 is 0 Å². The molecular weight excluding hydrogens is 235 g/mol. The molecule has 72 valence electrons. The van der Waals surface area contributed by atoms with Crippen LogP contribution in [0.2, 0.25) is 0 Å². The third-order valence-electron chi connectivity index (χ3n) is 1.93. The Morgan fingerprint density at radius 3 is 2.50 bits per heavy atom. The van der Waals surface area contributed by atoms with Crippen molar-refractivity contribution in [2.24, 2.45) is 5.92 Å². The fourth-order valence-corrected chi connectivity index (χ4v) is 1.57. The minimum atomic E-state index is -0.0741. The van der Waals surface area contributed by atoms with Crippen molar-refractivity contribution in [2.75, 3.05) is 0 Å². The maximum absolute atomic E-state index is 8.25. The van der Waals surface area contributed by atoms with Crippen LogP contribution in [0.3, 0.4) is 0 Å². The summed E-state index contributed by atoms with van der Waals surface area (Å²) in [5.41, 5.74) is 0. The molecule has 1 heterocycles. The fraction of sp³-hybridized carbons (Fsp3) is 0.200. The molecule has 1 atom stereocenters. The molecule has 0 bridgehead atoms. The summed E-state index contributed by atoms with van der Waals surface area (Å²) in [5.74, 6) is 1.11. The zero-order chi connectivity index (χ0) is 10.4. The fourth-order valence-electron chi connectivity index (χ4n) is 1.28. The van der Waals surface area contributed by atoms with Gasteiger partial charge in [-0.05, 0) is 12.1 Å². The molecule has 2 nitrogen and oxygen atoms in total. The average molecular weight is 244 g/mol. The van der Waals surface area contributed by atoms with Crippen molar-refractivity contribution in [3.8, 4) is 0 Å². The second-order valence-electron chi connectivity index (χ2n) is 2.76. The van der Waals surface area contributed by atoms with Gasteiger partial charge in [-0.3, -0.25) is 0 Å². The number of hydrogen-bond donors (Lipinski definition) is 0. The first kappa shape index (κ1) is 11.6. The molecule has 0 fully saturated rings. The van der Waals surface area contributed by atoms with Crippen LogP contribution in [0.15, 0.2) is 47.1 Å². The standard InChI is InChI=1S/C10H9ClO.O.Ti/c11-10(8-4-1-2-5-8)9-6-3-7-12-9;;/h1-8,10H;;. The van der Waals surface area contributed by atoms with Crippen molar-refractivity contribution < 1.29 is 28.1 Å². The first-order valence-electron chi connectivity index (χ1n) is 4.11. The Morgan fingerprint density at radius 1 is 1.36 bits per heavy atom. The van der Waals surface area contributed by atoms with Crippen LogP contribution in [0.25, 0.3) is 0 Å². The molecule has 1 aromatic heterocycles. The summed E-state index contributed by atoms with van der Waals surface area (Å²) in [5, 5.41) is -0.0741. The Labute approximate surface area is 99.4 Å². The Hall–Kier alpha value is -0.436. The summed E-state index contributed by atoms with van der Waals surface area (Å²) >= 11 is 6.91. The third-order valence-corrected chi connectivity index (χ3v) is 2.44. The van der Waals surface area contributed by atoms with E-state index in [4.69, 9.17) is 19.3 Å². The molecule has 0 saturated carbocycles. The van der Waals surface area contributed by atoms with E-state index in [9.17, 15) is 0 Å². The zero-order valence-electron chi connectivity index (χ0n) is 7.39. The number of furan rings is 1. The molecule has 0 radical (unpaired) electrons. The van der Waals surface area contributed by atoms with Gasteiger partial charge in [-0.25, -0.2) is 0 Å². The summed E-state index contributed by atoms with van der Waals surface area (Å²) in [6.45, 7) is 0. The van der Waals surface area contributed by atoms with Gasteiger partial charge in [0.2, 0.25) is 0 Å². The second-order valence-corrected chi connectivity index (χ2v) is 3.23. The average Bonchev–Trinajstić information content (AvgIpc) is 2.93. The molecule has 0 N–H and O–H groups in total. The van der Waals surface area contributed by atoms with Crippen LogP contribution in [-0.4, -0.2) is 0 Å². The molecule has 2 rings (SSSR count). The predicted octanol–water partition coefficient (Wildman–Crippen LogP) is 3.18. The number of alkyl halides is 1. The third kappa shape index (κ3) is 2.78. The summed E-state index contributed by atoms with van der Waals surface area (Å²) < 4.78 is 13.5. The van der Waals surface area contributed by atoms with Crippen molar-refractivity contribution in [3.63, 3.8) is 0 Å². The van der Waals surface area contributed by atoms with Crippen LogP contribution in [0.4, 0.5) is 0 Å². The van der Waals surface area contributed by atoms with Gasteiger partial charge >= 0.3 is 23.7 Å². The van der Waals surface area contributed by atoms with Gasteiger partial charge in [0.1, 0.15) is 11.1 Å². The van der Waals surface area contributed by atoms with Crippen LogP contribution in [0.5, 0.6) is 0 Å². The molecule has 14 heavy (non-hydrogen) atoms. The maximum atomic E-state index is 8.25. The van der Waals surface area contributed by atoms with E-state index in [2.05, 4.69) is 12.2 Å². The van der Waals surface area contributed by atoms with Gasteiger partial charge in [0.15, 0.2) is 0 Å². The number of hydrogen-bond acceptors (Lipinski definition) is 2. The summed E-state index contributed by atoms with van der Waals surface area (Å²) in [4.78, 5) is 0. The van der Waals surface area contributed by atoms with Gasteiger partial charge in [-0.15, -0.1) is 11.6 Å². The van der Waals surface area contributed by atoms with Gasteiger partial charge in [0, 0.05) is 5.92 Å². The van der Waals surface area contributed by atoms with Crippen molar-refractivity contribution in [2.45, 2.75) is 5.38 Å². The van der Waals surface area contributed by atoms with Crippen LogP contribution in [-0.2, 0) is 23.7 Å². The van der Waals surface area contributed by atoms with E-state index in [1.165, 1.54) is 0 Å². The molecule has 0 saturated heterocycles. The zero-order valence-corrected chi connectivity index (χ0v) is 9.71. The molecule has 0 aliphatic heterocycles. The van der Waals surface area contributed by atoms with Crippen LogP contribution < -0.4 is 0 Å². The topological polar surface area (TPSA) is 30.2 Å². The summed E-state index contributed by atoms with van der Waals surface area (Å²) in [7, 11) is 0. The molecule has 1 aromatic rings. The molecule has 0 aromatic carbocycles. The second kappa shape index (κ2) is 6.12. The van der Waals surface area contributed by atoms with Crippen LogP contribution in [0.1, 0.15) is 11.1 Å². The first-order chi connectivity index (χ1) is 6.88. The Bertz CT molecular complexity index is 307. The van der Waals surface area contributed by atoms with Gasteiger partial charge in [0.25, 0.3) is 0 Å². The van der Waals surface area contributed by atoms with E-state index in [1.54, 1.807) is 6.26 Å². The van der Waals surface area contributed by atoms with Crippen LogP contribution >= 0.6 is 11.6 Å². The Morgan fingerprint density at radius 2 is 2.00 bits per heavy atom. The SMILES string of the molecule is ClC(c1ccco1)C1C=CC=C1.[O]=[Ti]. The van der Waals surface area contributed by atoms with E-state index in [0.717, 1.165) is 26.2 Å².